The van der Waals surface area contributed by atoms with E-state index in [1.54, 1.807) is 11.6 Å². The summed E-state index contributed by atoms with van der Waals surface area (Å²) in [7, 11) is 0. The lowest BCUT2D eigenvalue weighted by atomic mass is 10.2. The molecule has 0 aromatic carbocycles. The van der Waals surface area contributed by atoms with E-state index in [1.807, 2.05) is 20.8 Å². The summed E-state index contributed by atoms with van der Waals surface area (Å²) in [6.07, 6.45) is 0.312. The van der Waals surface area contributed by atoms with Gasteiger partial charge in [-0.25, -0.2) is 0 Å². The van der Waals surface area contributed by atoms with Crippen molar-refractivity contribution in [1.82, 2.24) is 9.78 Å². The summed E-state index contributed by atoms with van der Waals surface area (Å²) in [5, 5.41) is 4.96. The number of carbonyl (C=O) groups is 1. The molecule has 0 amide bonds. The van der Waals surface area contributed by atoms with Gasteiger partial charge < -0.3 is 4.74 Å². The van der Waals surface area contributed by atoms with Gasteiger partial charge in [0.15, 0.2) is 0 Å². The van der Waals surface area contributed by atoms with E-state index < -0.39 is 0 Å². The van der Waals surface area contributed by atoms with Crippen molar-refractivity contribution in [2.75, 3.05) is 6.61 Å². The van der Waals surface area contributed by atoms with Crippen molar-refractivity contribution in [1.29, 1.82) is 0 Å². The molecule has 5 heteroatoms. The Morgan fingerprint density at radius 3 is 2.62 bits per heavy atom. The minimum atomic E-state index is -0.210. The summed E-state index contributed by atoms with van der Waals surface area (Å²) in [4.78, 5) is 11.3. The molecule has 1 rings (SSSR count). The van der Waals surface area contributed by atoms with Crippen LogP contribution in [0.2, 0.25) is 5.02 Å². The van der Waals surface area contributed by atoms with Gasteiger partial charge in [0, 0.05) is 0 Å². The molecule has 1 unspecified atom stereocenters. The average Bonchev–Trinajstić information content (AvgIpc) is 2.46. The molecule has 0 N–H and O–H groups in total. The maximum Gasteiger partial charge on any atom is 0.307 e. The summed E-state index contributed by atoms with van der Waals surface area (Å²) in [5.41, 5.74) is 1.67. The highest BCUT2D eigenvalue weighted by atomic mass is 35.5. The fourth-order valence-corrected chi connectivity index (χ4v) is 1.74. The average molecular weight is 245 g/mol. The molecule has 1 aromatic heterocycles. The minimum absolute atomic E-state index is 0.0368. The van der Waals surface area contributed by atoms with Crippen LogP contribution in [0.5, 0.6) is 0 Å². The van der Waals surface area contributed by atoms with Crippen LogP contribution in [-0.4, -0.2) is 22.4 Å². The molecule has 1 aromatic rings. The Morgan fingerprint density at radius 2 is 2.19 bits per heavy atom. The SMILES string of the molecule is CCOC(=O)CC(C)n1nc(C)c(Cl)c1C. The Labute approximate surface area is 101 Å². The predicted octanol–water partition coefficient (Wildman–Crippen LogP) is 2.67. The zero-order valence-corrected chi connectivity index (χ0v) is 10.8. The Balaban J connectivity index is 2.76. The number of ether oxygens (including phenoxy) is 1. The van der Waals surface area contributed by atoms with Gasteiger partial charge in [-0.1, -0.05) is 11.6 Å². The summed E-state index contributed by atoms with van der Waals surface area (Å²) < 4.78 is 6.67. The van der Waals surface area contributed by atoms with Crippen LogP contribution in [-0.2, 0) is 9.53 Å². The molecule has 1 heterocycles. The number of hydrogen-bond donors (Lipinski definition) is 0. The van der Waals surface area contributed by atoms with E-state index in [2.05, 4.69) is 5.10 Å². The van der Waals surface area contributed by atoms with Gasteiger partial charge >= 0.3 is 5.97 Å². The van der Waals surface area contributed by atoms with Gasteiger partial charge in [-0.15, -0.1) is 0 Å². The molecule has 0 saturated heterocycles. The fraction of sp³-hybridized carbons (Fsp3) is 0.636. The van der Waals surface area contributed by atoms with E-state index >= 15 is 0 Å². The molecule has 0 fully saturated rings. The largest absolute Gasteiger partial charge is 0.466 e. The van der Waals surface area contributed by atoms with Crippen molar-refractivity contribution in [3.05, 3.63) is 16.4 Å². The Morgan fingerprint density at radius 1 is 1.56 bits per heavy atom. The van der Waals surface area contributed by atoms with Crippen LogP contribution in [0.4, 0.5) is 0 Å². The van der Waals surface area contributed by atoms with Crippen LogP contribution in [0.1, 0.15) is 37.7 Å². The zero-order chi connectivity index (χ0) is 12.3. The molecule has 0 aliphatic carbocycles. The van der Waals surface area contributed by atoms with Crippen LogP contribution < -0.4 is 0 Å². The van der Waals surface area contributed by atoms with Crippen LogP contribution in [0.3, 0.4) is 0 Å². The summed E-state index contributed by atoms with van der Waals surface area (Å²) in [6, 6.07) is -0.0368. The highest BCUT2D eigenvalue weighted by molar-refractivity contribution is 6.31. The van der Waals surface area contributed by atoms with Gasteiger partial charge in [0.25, 0.3) is 0 Å². The standard InChI is InChI=1S/C11H17ClN2O2/c1-5-16-10(15)6-7(2)14-9(4)11(12)8(3)13-14/h7H,5-6H2,1-4H3. The van der Waals surface area contributed by atoms with E-state index in [4.69, 9.17) is 16.3 Å². The second kappa shape index (κ2) is 5.34. The van der Waals surface area contributed by atoms with Crippen molar-refractivity contribution in [3.8, 4) is 0 Å². The third-order valence-electron chi connectivity index (χ3n) is 2.42. The van der Waals surface area contributed by atoms with Gasteiger partial charge in [-0.2, -0.15) is 5.10 Å². The van der Waals surface area contributed by atoms with E-state index in [0.29, 0.717) is 18.1 Å². The number of aryl methyl sites for hydroxylation is 1. The van der Waals surface area contributed by atoms with E-state index in [9.17, 15) is 4.79 Å². The molecule has 4 nitrogen and oxygen atoms in total. The number of rotatable bonds is 4. The highest BCUT2D eigenvalue weighted by Crippen LogP contribution is 2.23. The number of hydrogen-bond acceptors (Lipinski definition) is 3. The van der Waals surface area contributed by atoms with E-state index in [0.717, 1.165) is 11.4 Å². The lowest BCUT2D eigenvalue weighted by Gasteiger charge is -2.13. The molecule has 0 aliphatic rings. The fourth-order valence-electron chi connectivity index (χ4n) is 1.62. The molecule has 0 radical (unpaired) electrons. The van der Waals surface area contributed by atoms with Gasteiger partial charge in [-0.3, -0.25) is 9.48 Å². The third-order valence-corrected chi connectivity index (χ3v) is 2.97. The normalized spacial score (nSPS) is 12.6. The summed E-state index contributed by atoms with van der Waals surface area (Å²) >= 11 is 6.04. The van der Waals surface area contributed by atoms with E-state index in [-0.39, 0.29) is 12.0 Å². The highest BCUT2D eigenvalue weighted by Gasteiger charge is 2.17. The first-order valence-electron chi connectivity index (χ1n) is 5.34. The van der Waals surface area contributed by atoms with Crippen molar-refractivity contribution < 1.29 is 9.53 Å². The predicted molar refractivity (Wildman–Crippen MR) is 62.7 cm³/mol. The molecular weight excluding hydrogens is 228 g/mol. The molecule has 0 bridgehead atoms. The molecule has 0 saturated carbocycles. The Bertz CT molecular complexity index is 388. The van der Waals surface area contributed by atoms with Crippen molar-refractivity contribution in [3.63, 3.8) is 0 Å². The maximum absolute atomic E-state index is 11.3. The van der Waals surface area contributed by atoms with Gasteiger partial charge in [0.05, 0.1) is 35.5 Å². The molecule has 0 aliphatic heterocycles. The van der Waals surface area contributed by atoms with Crippen molar-refractivity contribution >= 4 is 17.6 Å². The summed E-state index contributed by atoms with van der Waals surface area (Å²) in [6.45, 7) is 7.87. The van der Waals surface area contributed by atoms with Crippen LogP contribution in [0, 0.1) is 13.8 Å². The monoisotopic (exact) mass is 244 g/mol. The first-order chi connectivity index (χ1) is 7.47. The molecule has 0 spiro atoms. The number of aromatic nitrogens is 2. The molecule has 1 atom stereocenters. The molecule has 16 heavy (non-hydrogen) atoms. The van der Waals surface area contributed by atoms with Gasteiger partial charge in [0.1, 0.15) is 0 Å². The number of nitrogens with zero attached hydrogens (tertiary/aromatic N) is 2. The van der Waals surface area contributed by atoms with Crippen LogP contribution >= 0.6 is 11.6 Å². The third kappa shape index (κ3) is 2.76. The Hall–Kier alpha value is -1.03. The minimum Gasteiger partial charge on any atom is -0.466 e. The number of carbonyl (C=O) groups excluding carboxylic acids is 1. The van der Waals surface area contributed by atoms with Gasteiger partial charge in [-0.05, 0) is 27.7 Å². The number of esters is 1. The van der Waals surface area contributed by atoms with Crippen LogP contribution in [0.15, 0.2) is 0 Å². The lowest BCUT2D eigenvalue weighted by Crippen LogP contribution is -2.15. The maximum atomic E-state index is 11.3. The summed E-state index contributed by atoms with van der Waals surface area (Å²) in [5.74, 6) is -0.210. The van der Waals surface area contributed by atoms with Crippen molar-refractivity contribution in [2.45, 2.75) is 40.2 Å². The zero-order valence-electron chi connectivity index (χ0n) is 10.1. The topological polar surface area (TPSA) is 44.1 Å². The second-order valence-corrected chi connectivity index (χ2v) is 4.17. The van der Waals surface area contributed by atoms with Crippen molar-refractivity contribution in [2.24, 2.45) is 0 Å². The van der Waals surface area contributed by atoms with Gasteiger partial charge in [0.2, 0.25) is 0 Å². The first-order valence-corrected chi connectivity index (χ1v) is 5.72. The smallest absolute Gasteiger partial charge is 0.307 e. The van der Waals surface area contributed by atoms with Crippen LogP contribution in [0.25, 0.3) is 0 Å². The quantitative estimate of drug-likeness (QED) is 0.765. The lowest BCUT2D eigenvalue weighted by molar-refractivity contribution is -0.143. The Kier molecular flexibility index (Phi) is 4.35. The van der Waals surface area contributed by atoms with E-state index in [1.165, 1.54) is 0 Å². The first kappa shape index (κ1) is 13.0. The molecule has 90 valence electrons. The number of halogens is 1. The molecular formula is C11H17ClN2O2. The second-order valence-electron chi connectivity index (χ2n) is 3.79.